The molecule has 112 valence electrons. The first-order chi connectivity index (χ1) is 10.1. The number of sulfonamides is 1. The zero-order valence-electron chi connectivity index (χ0n) is 12.3. The van der Waals surface area contributed by atoms with Crippen LogP contribution in [-0.2, 0) is 10.0 Å². The third-order valence-corrected chi connectivity index (χ3v) is 6.17. The predicted molar refractivity (Wildman–Crippen MR) is 85.7 cm³/mol. The van der Waals surface area contributed by atoms with Crippen molar-refractivity contribution in [3.63, 3.8) is 0 Å². The minimum Gasteiger partial charge on any atom is -0.207 e. The van der Waals surface area contributed by atoms with E-state index in [-0.39, 0.29) is 0 Å². The van der Waals surface area contributed by atoms with E-state index in [0.717, 1.165) is 30.0 Å². The summed E-state index contributed by atoms with van der Waals surface area (Å²) >= 11 is 0. The molecule has 1 aliphatic rings. The van der Waals surface area contributed by atoms with Crippen LogP contribution in [-0.4, -0.2) is 25.8 Å². The molecular formula is C17H21NO2S. The summed E-state index contributed by atoms with van der Waals surface area (Å²) in [5.41, 5.74) is 0. The standard InChI is InChI=1S/C17H21NO2S/c1-2-5-14-10-11-18(13-14)21(19,20)17-9-8-15-6-3-4-7-16(15)12-17/h3-4,6-9,12,14H,2,5,10-11,13H2,1H3/t14-/m1/s1. The van der Waals surface area contributed by atoms with E-state index in [4.69, 9.17) is 0 Å². The molecule has 0 amide bonds. The predicted octanol–water partition coefficient (Wildman–Crippen LogP) is 3.65. The van der Waals surface area contributed by atoms with E-state index in [2.05, 4.69) is 6.92 Å². The molecule has 3 nitrogen and oxygen atoms in total. The van der Waals surface area contributed by atoms with Gasteiger partial charge in [-0.1, -0.05) is 43.7 Å². The summed E-state index contributed by atoms with van der Waals surface area (Å²) in [5.74, 6) is 0.519. The van der Waals surface area contributed by atoms with Crippen LogP contribution in [0.15, 0.2) is 47.4 Å². The van der Waals surface area contributed by atoms with Gasteiger partial charge in [-0.2, -0.15) is 4.31 Å². The van der Waals surface area contributed by atoms with E-state index in [1.807, 2.05) is 30.3 Å². The Hall–Kier alpha value is -1.39. The minimum atomic E-state index is -3.35. The number of fused-ring (bicyclic) bond motifs is 1. The maximum atomic E-state index is 12.8. The topological polar surface area (TPSA) is 37.4 Å². The Kier molecular flexibility index (Phi) is 4.00. The van der Waals surface area contributed by atoms with Crippen LogP contribution in [0.4, 0.5) is 0 Å². The van der Waals surface area contributed by atoms with E-state index >= 15 is 0 Å². The van der Waals surface area contributed by atoms with Crippen molar-refractivity contribution < 1.29 is 8.42 Å². The largest absolute Gasteiger partial charge is 0.243 e. The highest BCUT2D eigenvalue weighted by atomic mass is 32.2. The Balaban J connectivity index is 1.90. The second-order valence-corrected chi connectivity index (χ2v) is 7.75. The lowest BCUT2D eigenvalue weighted by Gasteiger charge is -2.17. The molecule has 0 unspecified atom stereocenters. The van der Waals surface area contributed by atoms with Gasteiger partial charge >= 0.3 is 0 Å². The molecule has 3 rings (SSSR count). The van der Waals surface area contributed by atoms with Crippen LogP contribution in [0.5, 0.6) is 0 Å². The SMILES string of the molecule is CCC[C@@H]1CCN(S(=O)(=O)c2ccc3ccccc3c2)C1. The first-order valence-corrected chi connectivity index (χ1v) is 9.04. The third kappa shape index (κ3) is 2.83. The lowest BCUT2D eigenvalue weighted by atomic mass is 10.0. The van der Waals surface area contributed by atoms with Crippen LogP contribution in [0, 0.1) is 5.92 Å². The summed E-state index contributed by atoms with van der Waals surface area (Å²) in [6.45, 7) is 3.48. The summed E-state index contributed by atoms with van der Waals surface area (Å²) < 4.78 is 27.2. The van der Waals surface area contributed by atoms with E-state index in [1.165, 1.54) is 0 Å². The fourth-order valence-electron chi connectivity index (χ4n) is 3.14. The van der Waals surface area contributed by atoms with Crippen molar-refractivity contribution in [2.45, 2.75) is 31.1 Å². The van der Waals surface area contributed by atoms with Gasteiger partial charge in [0, 0.05) is 13.1 Å². The summed E-state index contributed by atoms with van der Waals surface area (Å²) in [7, 11) is -3.35. The zero-order chi connectivity index (χ0) is 14.9. The second kappa shape index (κ2) is 5.78. The van der Waals surface area contributed by atoms with E-state index in [1.54, 1.807) is 16.4 Å². The monoisotopic (exact) mass is 303 g/mol. The average Bonchev–Trinajstić information content (AvgIpc) is 2.96. The van der Waals surface area contributed by atoms with Gasteiger partial charge < -0.3 is 0 Å². The quantitative estimate of drug-likeness (QED) is 0.864. The van der Waals surface area contributed by atoms with Crippen LogP contribution in [0.1, 0.15) is 26.2 Å². The Morgan fingerprint density at radius 2 is 1.90 bits per heavy atom. The van der Waals surface area contributed by atoms with Crippen molar-refractivity contribution in [1.29, 1.82) is 0 Å². The number of hydrogen-bond acceptors (Lipinski definition) is 2. The highest BCUT2D eigenvalue weighted by molar-refractivity contribution is 7.89. The van der Waals surface area contributed by atoms with Gasteiger partial charge in [-0.15, -0.1) is 0 Å². The molecule has 1 fully saturated rings. The van der Waals surface area contributed by atoms with Crippen molar-refractivity contribution in [2.75, 3.05) is 13.1 Å². The van der Waals surface area contributed by atoms with Gasteiger partial charge in [-0.05, 0) is 41.7 Å². The van der Waals surface area contributed by atoms with Gasteiger partial charge in [0.1, 0.15) is 0 Å². The molecule has 0 spiro atoms. The lowest BCUT2D eigenvalue weighted by molar-refractivity contribution is 0.444. The molecule has 0 bridgehead atoms. The maximum Gasteiger partial charge on any atom is 0.243 e. The maximum absolute atomic E-state index is 12.8. The molecule has 2 aromatic carbocycles. The van der Waals surface area contributed by atoms with Crippen molar-refractivity contribution in [3.05, 3.63) is 42.5 Å². The number of nitrogens with zero attached hydrogens (tertiary/aromatic N) is 1. The fraction of sp³-hybridized carbons (Fsp3) is 0.412. The van der Waals surface area contributed by atoms with Gasteiger partial charge in [0.15, 0.2) is 0 Å². The molecule has 21 heavy (non-hydrogen) atoms. The van der Waals surface area contributed by atoms with E-state index < -0.39 is 10.0 Å². The van der Waals surface area contributed by atoms with Crippen molar-refractivity contribution in [1.82, 2.24) is 4.31 Å². The molecule has 1 saturated heterocycles. The number of rotatable bonds is 4. The molecule has 4 heteroatoms. The molecular weight excluding hydrogens is 282 g/mol. The van der Waals surface area contributed by atoms with Crippen molar-refractivity contribution in [2.24, 2.45) is 5.92 Å². The first-order valence-electron chi connectivity index (χ1n) is 7.60. The van der Waals surface area contributed by atoms with Gasteiger partial charge in [-0.3, -0.25) is 0 Å². The molecule has 0 radical (unpaired) electrons. The molecule has 1 heterocycles. The third-order valence-electron chi connectivity index (χ3n) is 4.30. The average molecular weight is 303 g/mol. The van der Waals surface area contributed by atoms with Crippen molar-refractivity contribution >= 4 is 20.8 Å². The molecule has 0 N–H and O–H groups in total. The fourth-order valence-corrected chi connectivity index (χ4v) is 4.70. The summed E-state index contributed by atoms with van der Waals surface area (Å²) in [4.78, 5) is 0.415. The first kappa shape index (κ1) is 14.5. The summed E-state index contributed by atoms with van der Waals surface area (Å²) in [6.07, 6.45) is 3.22. The van der Waals surface area contributed by atoms with Crippen LogP contribution < -0.4 is 0 Å². The Bertz CT molecular complexity index is 739. The summed E-state index contributed by atoms with van der Waals surface area (Å²) in [6, 6.07) is 13.3. The Morgan fingerprint density at radius 3 is 2.67 bits per heavy atom. The normalized spacial score (nSPS) is 20.1. The second-order valence-electron chi connectivity index (χ2n) is 5.82. The number of benzene rings is 2. The Morgan fingerprint density at radius 1 is 1.14 bits per heavy atom. The van der Waals surface area contributed by atoms with Crippen LogP contribution in [0.25, 0.3) is 10.8 Å². The minimum absolute atomic E-state index is 0.415. The van der Waals surface area contributed by atoms with Gasteiger partial charge in [0.2, 0.25) is 10.0 Å². The smallest absolute Gasteiger partial charge is 0.207 e. The van der Waals surface area contributed by atoms with E-state index in [9.17, 15) is 8.42 Å². The molecule has 1 aliphatic heterocycles. The molecule has 0 saturated carbocycles. The van der Waals surface area contributed by atoms with Gasteiger partial charge in [-0.25, -0.2) is 8.42 Å². The van der Waals surface area contributed by atoms with Gasteiger partial charge in [0.25, 0.3) is 0 Å². The van der Waals surface area contributed by atoms with Gasteiger partial charge in [0.05, 0.1) is 4.90 Å². The molecule has 2 aromatic rings. The van der Waals surface area contributed by atoms with E-state index in [0.29, 0.717) is 23.9 Å². The van der Waals surface area contributed by atoms with Crippen LogP contribution in [0.3, 0.4) is 0 Å². The molecule has 0 aromatic heterocycles. The molecule has 1 atom stereocenters. The summed E-state index contributed by atoms with van der Waals surface area (Å²) in [5, 5.41) is 2.05. The number of hydrogen-bond donors (Lipinski definition) is 0. The highest BCUT2D eigenvalue weighted by Gasteiger charge is 2.32. The molecule has 0 aliphatic carbocycles. The lowest BCUT2D eigenvalue weighted by Crippen LogP contribution is -2.28. The van der Waals surface area contributed by atoms with Crippen molar-refractivity contribution in [3.8, 4) is 0 Å². The Labute approximate surface area is 126 Å². The highest BCUT2D eigenvalue weighted by Crippen LogP contribution is 2.28. The zero-order valence-corrected chi connectivity index (χ0v) is 13.1. The van der Waals surface area contributed by atoms with Crippen LogP contribution in [0.2, 0.25) is 0 Å². The van der Waals surface area contributed by atoms with Crippen LogP contribution >= 0.6 is 0 Å².